The van der Waals surface area contributed by atoms with Crippen LogP contribution in [0.2, 0.25) is 5.02 Å². The molecule has 2 N–H and O–H groups in total. The van der Waals surface area contributed by atoms with Crippen LogP contribution in [-0.4, -0.2) is 27.4 Å². The van der Waals surface area contributed by atoms with E-state index in [1.807, 2.05) is 19.1 Å². The number of Topliss-reactive ketones (excluding diaryl/α,β-unsaturated/α-hetero) is 1. The van der Waals surface area contributed by atoms with Crippen LogP contribution >= 0.6 is 11.6 Å². The van der Waals surface area contributed by atoms with Crippen LogP contribution in [0.3, 0.4) is 0 Å². The molecule has 152 valence electrons. The number of carbonyl (C=O) groups is 3. The van der Waals surface area contributed by atoms with Crippen molar-refractivity contribution in [2.24, 2.45) is 0 Å². The van der Waals surface area contributed by atoms with Crippen molar-refractivity contribution >= 4 is 40.7 Å². The fourth-order valence-electron chi connectivity index (χ4n) is 3.44. The van der Waals surface area contributed by atoms with Crippen molar-refractivity contribution in [3.63, 3.8) is 0 Å². The first-order valence-corrected chi connectivity index (χ1v) is 9.78. The number of ketones is 1. The lowest BCUT2D eigenvalue weighted by Gasteiger charge is -2.24. The molecule has 0 radical (unpaired) electrons. The number of rotatable bonds is 4. The van der Waals surface area contributed by atoms with Gasteiger partial charge in [0.15, 0.2) is 5.78 Å². The lowest BCUT2D eigenvalue weighted by molar-refractivity contribution is -0.125. The molecule has 0 saturated heterocycles. The van der Waals surface area contributed by atoms with E-state index >= 15 is 0 Å². The summed E-state index contributed by atoms with van der Waals surface area (Å²) in [5.41, 5.74) is 3.38. The number of nitrogens with one attached hydrogen (secondary N) is 2. The minimum Gasteiger partial charge on any atom is -0.324 e. The second kappa shape index (κ2) is 7.76. The van der Waals surface area contributed by atoms with Crippen LogP contribution < -0.4 is 10.6 Å². The van der Waals surface area contributed by atoms with Crippen molar-refractivity contribution in [2.45, 2.75) is 26.3 Å². The number of halogens is 1. The Bertz CT molecular complexity index is 1150. The highest BCUT2D eigenvalue weighted by Gasteiger charge is 2.34. The molecular formula is C22H19ClN4O3. The molecule has 1 aliphatic heterocycles. The summed E-state index contributed by atoms with van der Waals surface area (Å²) >= 11 is 5.97. The second-order valence-corrected chi connectivity index (χ2v) is 7.60. The highest BCUT2D eigenvalue weighted by Crippen LogP contribution is 2.34. The third-order valence-electron chi connectivity index (χ3n) is 5.06. The van der Waals surface area contributed by atoms with Gasteiger partial charge in [-0.2, -0.15) is 5.10 Å². The molecule has 7 nitrogen and oxygen atoms in total. The molecule has 0 spiro atoms. The third-order valence-corrected chi connectivity index (χ3v) is 5.31. The van der Waals surface area contributed by atoms with Gasteiger partial charge in [0.1, 0.15) is 11.9 Å². The van der Waals surface area contributed by atoms with Crippen LogP contribution in [0.1, 0.15) is 35.3 Å². The summed E-state index contributed by atoms with van der Waals surface area (Å²) in [6.45, 7) is 3.33. The van der Waals surface area contributed by atoms with Gasteiger partial charge in [-0.1, -0.05) is 23.7 Å². The zero-order chi connectivity index (χ0) is 21.4. The Hall–Kier alpha value is -3.45. The largest absolute Gasteiger partial charge is 0.324 e. The van der Waals surface area contributed by atoms with Gasteiger partial charge in [-0.3, -0.25) is 14.4 Å². The molecule has 2 heterocycles. The summed E-state index contributed by atoms with van der Waals surface area (Å²) in [5, 5.41) is 10.9. The Morgan fingerprint density at radius 3 is 2.43 bits per heavy atom. The smallest absolute Gasteiger partial charge is 0.249 e. The number of fused-ring (bicyclic) bond motifs is 1. The quantitative estimate of drug-likeness (QED) is 0.615. The molecule has 30 heavy (non-hydrogen) atoms. The Balaban J connectivity index is 1.65. The van der Waals surface area contributed by atoms with E-state index < -0.39 is 6.04 Å². The topological polar surface area (TPSA) is 93.1 Å². The normalized spacial score (nSPS) is 15.3. The number of carbonyl (C=O) groups excluding carboxylic acids is 3. The van der Waals surface area contributed by atoms with Gasteiger partial charge in [0.05, 0.1) is 12.1 Å². The van der Waals surface area contributed by atoms with Crippen molar-refractivity contribution in [3.8, 4) is 11.3 Å². The molecule has 2 aromatic carbocycles. The maximum absolute atomic E-state index is 13.0. The van der Waals surface area contributed by atoms with Crippen molar-refractivity contribution in [1.82, 2.24) is 9.78 Å². The molecule has 0 bridgehead atoms. The number of benzene rings is 2. The minimum absolute atomic E-state index is 0.0223. The van der Waals surface area contributed by atoms with E-state index in [1.165, 1.54) is 6.92 Å². The predicted molar refractivity (Wildman–Crippen MR) is 115 cm³/mol. The highest BCUT2D eigenvalue weighted by atomic mass is 35.5. The molecule has 1 atom stereocenters. The van der Waals surface area contributed by atoms with E-state index in [2.05, 4.69) is 15.7 Å². The maximum Gasteiger partial charge on any atom is 0.249 e. The lowest BCUT2D eigenvalue weighted by Crippen LogP contribution is -2.35. The molecule has 4 rings (SSSR count). The summed E-state index contributed by atoms with van der Waals surface area (Å²) < 4.78 is 1.56. The van der Waals surface area contributed by atoms with E-state index in [9.17, 15) is 14.4 Å². The number of hydrogen-bond donors (Lipinski definition) is 2. The molecular weight excluding hydrogens is 404 g/mol. The zero-order valence-corrected chi connectivity index (χ0v) is 17.2. The van der Waals surface area contributed by atoms with Gasteiger partial charge in [0.25, 0.3) is 0 Å². The molecule has 0 fully saturated rings. The Morgan fingerprint density at radius 1 is 1.13 bits per heavy atom. The van der Waals surface area contributed by atoms with Gasteiger partial charge in [0, 0.05) is 27.4 Å². The van der Waals surface area contributed by atoms with Crippen LogP contribution in [0, 0.1) is 6.92 Å². The number of anilines is 2. The molecule has 0 unspecified atom stereocenters. The summed E-state index contributed by atoms with van der Waals surface area (Å²) in [4.78, 5) is 36.6. The van der Waals surface area contributed by atoms with Gasteiger partial charge in [-0.15, -0.1) is 0 Å². The lowest BCUT2D eigenvalue weighted by atomic mass is 10.1. The predicted octanol–water partition coefficient (Wildman–Crippen LogP) is 4.24. The van der Waals surface area contributed by atoms with Gasteiger partial charge in [-0.25, -0.2) is 4.68 Å². The average Bonchev–Trinajstić information content (AvgIpc) is 3.05. The number of aromatic nitrogens is 2. The summed E-state index contributed by atoms with van der Waals surface area (Å²) in [5.74, 6) is -0.154. The van der Waals surface area contributed by atoms with Crippen molar-refractivity contribution < 1.29 is 14.4 Å². The van der Waals surface area contributed by atoms with Crippen molar-refractivity contribution in [2.75, 3.05) is 10.6 Å². The second-order valence-electron chi connectivity index (χ2n) is 7.16. The fourth-order valence-corrected chi connectivity index (χ4v) is 3.56. The molecule has 2 amide bonds. The molecule has 3 aromatic rings. The van der Waals surface area contributed by atoms with E-state index in [4.69, 9.17) is 11.6 Å². The van der Waals surface area contributed by atoms with Crippen LogP contribution in [0.15, 0.2) is 48.5 Å². The monoisotopic (exact) mass is 422 g/mol. The maximum atomic E-state index is 13.0. The number of amides is 2. The fraction of sp³-hybridized carbons (Fsp3) is 0.182. The first-order chi connectivity index (χ1) is 14.3. The van der Waals surface area contributed by atoms with Gasteiger partial charge >= 0.3 is 0 Å². The molecule has 1 aliphatic rings. The van der Waals surface area contributed by atoms with Crippen molar-refractivity contribution in [3.05, 3.63) is 64.7 Å². The Morgan fingerprint density at radius 2 is 1.80 bits per heavy atom. The Kier molecular flexibility index (Phi) is 5.13. The van der Waals surface area contributed by atoms with Gasteiger partial charge < -0.3 is 10.6 Å². The summed E-state index contributed by atoms with van der Waals surface area (Å²) in [6.07, 6.45) is -0.0223. The van der Waals surface area contributed by atoms with Crippen LogP contribution in [0.25, 0.3) is 11.3 Å². The van der Waals surface area contributed by atoms with Crippen LogP contribution in [-0.2, 0) is 9.59 Å². The van der Waals surface area contributed by atoms with E-state index in [-0.39, 0.29) is 24.0 Å². The van der Waals surface area contributed by atoms with Crippen LogP contribution in [0.4, 0.5) is 11.5 Å². The first kappa shape index (κ1) is 19.8. The number of hydrogen-bond acceptors (Lipinski definition) is 4. The first-order valence-electron chi connectivity index (χ1n) is 9.40. The third kappa shape index (κ3) is 3.71. The summed E-state index contributed by atoms with van der Waals surface area (Å²) in [7, 11) is 0. The molecule has 1 aromatic heterocycles. The SMILES string of the molecule is CC(=O)c1ccc(NC(=O)[C@H]2CC(=O)Nc3c(C)c(-c4ccc(Cl)cc4)nn32)cc1. The van der Waals surface area contributed by atoms with E-state index in [0.29, 0.717) is 27.8 Å². The number of nitrogens with zero attached hydrogens (tertiary/aromatic N) is 2. The standard InChI is InChI=1S/C22H19ClN4O3/c1-12-20(15-3-7-16(23)8-4-15)26-27-18(11-19(29)25-21(12)27)22(30)24-17-9-5-14(6-10-17)13(2)28/h3-10,18H,11H2,1-2H3,(H,24,30)(H,25,29)/t18-/m1/s1. The molecule has 0 aliphatic carbocycles. The zero-order valence-electron chi connectivity index (χ0n) is 16.4. The summed E-state index contributed by atoms with van der Waals surface area (Å²) in [6, 6.07) is 13.0. The van der Waals surface area contributed by atoms with Gasteiger partial charge in [0.2, 0.25) is 11.8 Å². The van der Waals surface area contributed by atoms with Crippen LogP contribution in [0.5, 0.6) is 0 Å². The van der Waals surface area contributed by atoms with Crippen molar-refractivity contribution in [1.29, 1.82) is 0 Å². The Labute approximate surface area is 178 Å². The molecule has 8 heteroatoms. The van der Waals surface area contributed by atoms with E-state index in [0.717, 1.165) is 11.1 Å². The average molecular weight is 423 g/mol. The highest BCUT2D eigenvalue weighted by molar-refractivity contribution is 6.30. The molecule has 0 saturated carbocycles. The minimum atomic E-state index is -0.791. The van der Waals surface area contributed by atoms with E-state index in [1.54, 1.807) is 41.1 Å². The van der Waals surface area contributed by atoms with Gasteiger partial charge in [-0.05, 0) is 50.2 Å².